The summed E-state index contributed by atoms with van der Waals surface area (Å²) in [5.74, 6) is 0. The summed E-state index contributed by atoms with van der Waals surface area (Å²) in [5, 5.41) is 0.462. The lowest BCUT2D eigenvalue weighted by atomic mass is 10.3. The van der Waals surface area contributed by atoms with E-state index in [4.69, 9.17) is 11.6 Å². The lowest BCUT2D eigenvalue weighted by molar-refractivity contribution is 1.05. The summed E-state index contributed by atoms with van der Waals surface area (Å²) >= 11 is 5.95. The first-order valence-electron chi connectivity index (χ1n) is 4.53. The molecule has 0 unspecified atom stereocenters. The van der Waals surface area contributed by atoms with Gasteiger partial charge in [-0.3, -0.25) is 9.56 Å². The van der Waals surface area contributed by atoms with Crippen molar-refractivity contribution < 1.29 is 0 Å². The number of benzene rings is 1. The molecule has 0 atom stereocenters. The molecule has 0 bridgehead atoms. The van der Waals surface area contributed by atoms with Gasteiger partial charge in [0.2, 0.25) is 0 Å². The molecule has 3 nitrogen and oxygen atoms in total. The minimum atomic E-state index is 0.462. The van der Waals surface area contributed by atoms with Gasteiger partial charge in [0, 0.05) is 18.9 Å². The zero-order valence-corrected chi connectivity index (χ0v) is 9.02. The second kappa shape index (κ2) is 4.28. The highest BCUT2D eigenvalue weighted by Gasteiger charge is 2.07. The quantitative estimate of drug-likeness (QED) is 0.714. The van der Waals surface area contributed by atoms with E-state index in [1.807, 2.05) is 34.9 Å². The van der Waals surface area contributed by atoms with Gasteiger partial charge in [0.25, 0.3) is 0 Å². The average molecular weight is 220 g/mol. The van der Waals surface area contributed by atoms with Crippen LogP contribution >= 0.6 is 11.6 Å². The Bertz CT molecular complexity index is 474. The fraction of sp³-hybridized carbons (Fsp3) is 0.0909. The molecule has 1 heterocycles. The molecule has 2 aromatic rings. The molecule has 0 aliphatic heterocycles. The van der Waals surface area contributed by atoms with Crippen LogP contribution in [0.1, 0.15) is 5.69 Å². The van der Waals surface area contributed by atoms with Gasteiger partial charge in [-0.25, -0.2) is 4.98 Å². The van der Waals surface area contributed by atoms with Crippen molar-refractivity contribution in [1.82, 2.24) is 9.55 Å². The first kappa shape index (κ1) is 9.93. The molecular weight excluding hydrogens is 210 g/mol. The molecule has 0 aliphatic carbocycles. The van der Waals surface area contributed by atoms with Crippen molar-refractivity contribution in [2.45, 2.75) is 0 Å². The minimum Gasteiger partial charge on any atom is -0.297 e. The topological polar surface area (TPSA) is 30.2 Å². The van der Waals surface area contributed by atoms with Gasteiger partial charge in [-0.05, 0) is 12.1 Å². The highest BCUT2D eigenvalue weighted by Crippen LogP contribution is 2.16. The fourth-order valence-corrected chi connectivity index (χ4v) is 1.55. The van der Waals surface area contributed by atoms with Crippen LogP contribution in [-0.2, 0) is 0 Å². The van der Waals surface area contributed by atoms with Crippen molar-refractivity contribution in [2.24, 2.45) is 4.99 Å². The van der Waals surface area contributed by atoms with Crippen LogP contribution in [0.5, 0.6) is 0 Å². The van der Waals surface area contributed by atoms with E-state index in [2.05, 4.69) is 9.98 Å². The van der Waals surface area contributed by atoms with Crippen LogP contribution in [0.2, 0.25) is 5.15 Å². The highest BCUT2D eigenvalue weighted by atomic mass is 35.5. The van der Waals surface area contributed by atoms with Crippen LogP contribution in [0.25, 0.3) is 5.69 Å². The Hall–Kier alpha value is -1.61. The van der Waals surface area contributed by atoms with E-state index >= 15 is 0 Å². The average Bonchev–Trinajstić information content (AvgIpc) is 2.63. The fourth-order valence-electron chi connectivity index (χ4n) is 1.37. The summed E-state index contributed by atoms with van der Waals surface area (Å²) in [5.41, 5.74) is 1.82. The van der Waals surface area contributed by atoms with Gasteiger partial charge in [0.05, 0.1) is 0 Å². The summed E-state index contributed by atoms with van der Waals surface area (Å²) in [7, 11) is 1.71. The van der Waals surface area contributed by atoms with Crippen molar-refractivity contribution in [2.75, 3.05) is 7.05 Å². The number of aromatic nitrogens is 2. The molecule has 0 aliphatic rings. The lowest BCUT2D eigenvalue weighted by Gasteiger charge is -2.03. The zero-order chi connectivity index (χ0) is 10.7. The molecule has 0 saturated heterocycles. The third-order valence-corrected chi connectivity index (χ3v) is 2.33. The van der Waals surface area contributed by atoms with Gasteiger partial charge in [-0.15, -0.1) is 0 Å². The Morgan fingerprint density at radius 1 is 1.33 bits per heavy atom. The monoisotopic (exact) mass is 219 g/mol. The first-order chi connectivity index (χ1) is 7.33. The largest absolute Gasteiger partial charge is 0.297 e. The van der Waals surface area contributed by atoms with Gasteiger partial charge >= 0.3 is 0 Å². The molecule has 76 valence electrons. The van der Waals surface area contributed by atoms with Gasteiger partial charge in [0.15, 0.2) is 5.15 Å². The summed E-state index contributed by atoms with van der Waals surface area (Å²) in [6.45, 7) is 0. The van der Waals surface area contributed by atoms with Crippen molar-refractivity contribution in [3.8, 4) is 5.69 Å². The molecule has 0 N–H and O–H groups in total. The lowest BCUT2D eigenvalue weighted by Crippen LogP contribution is -1.97. The number of imidazole rings is 1. The normalized spacial score (nSPS) is 11.1. The van der Waals surface area contributed by atoms with E-state index < -0.39 is 0 Å². The van der Waals surface area contributed by atoms with Gasteiger partial charge in [-0.2, -0.15) is 0 Å². The van der Waals surface area contributed by atoms with Crippen molar-refractivity contribution in [1.29, 1.82) is 0 Å². The third-order valence-electron chi connectivity index (χ3n) is 2.04. The number of nitrogens with zero attached hydrogens (tertiary/aromatic N) is 3. The molecular formula is C11H10ClN3. The van der Waals surface area contributed by atoms with Crippen LogP contribution in [0.15, 0.2) is 41.7 Å². The van der Waals surface area contributed by atoms with Gasteiger partial charge in [0.1, 0.15) is 12.0 Å². The predicted octanol–water partition coefficient (Wildman–Crippen LogP) is 2.57. The standard InChI is InChI=1S/C11H10ClN3/c1-13-7-10-11(12)14-8-15(10)9-5-3-2-4-6-9/h2-8H,1H3. The van der Waals surface area contributed by atoms with Crippen molar-refractivity contribution in [3.63, 3.8) is 0 Å². The number of halogens is 1. The highest BCUT2D eigenvalue weighted by molar-refractivity contribution is 6.31. The summed E-state index contributed by atoms with van der Waals surface area (Å²) in [6.07, 6.45) is 3.39. The third kappa shape index (κ3) is 1.92. The molecule has 0 spiro atoms. The second-order valence-corrected chi connectivity index (χ2v) is 3.37. The Morgan fingerprint density at radius 3 is 2.73 bits per heavy atom. The Morgan fingerprint density at radius 2 is 2.07 bits per heavy atom. The van der Waals surface area contributed by atoms with Crippen LogP contribution < -0.4 is 0 Å². The number of para-hydroxylation sites is 1. The van der Waals surface area contributed by atoms with Crippen molar-refractivity contribution in [3.05, 3.63) is 47.5 Å². The van der Waals surface area contributed by atoms with E-state index in [0.29, 0.717) is 5.15 Å². The maximum atomic E-state index is 5.95. The SMILES string of the molecule is CN=Cc1c(Cl)ncn1-c1ccccc1. The maximum absolute atomic E-state index is 5.95. The van der Waals surface area contributed by atoms with Crippen LogP contribution in [-0.4, -0.2) is 22.8 Å². The second-order valence-electron chi connectivity index (χ2n) is 3.01. The van der Waals surface area contributed by atoms with E-state index in [1.165, 1.54) is 0 Å². The molecule has 4 heteroatoms. The first-order valence-corrected chi connectivity index (χ1v) is 4.91. The van der Waals surface area contributed by atoms with Crippen LogP contribution in [0, 0.1) is 0 Å². The number of aliphatic imine (C=N–C) groups is 1. The molecule has 1 aromatic carbocycles. The summed E-state index contributed by atoms with van der Waals surface area (Å²) in [4.78, 5) is 8.00. The molecule has 1 aromatic heterocycles. The van der Waals surface area contributed by atoms with Gasteiger partial charge < -0.3 is 0 Å². The number of hydrogen-bond donors (Lipinski definition) is 0. The molecule has 2 rings (SSSR count). The van der Waals surface area contributed by atoms with Gasteiger partial charge in [-0.1, -0.05) is 29.8 Å². The molecule has 0 radical (unpaired) electrons. The van der Waals surface area contributed by atoms with E-state index in [9.17, 15) is 0 Å². The van der Waals surface area contributed by atoms with Crippen LogP contribution in [0.3, 0.4) is 0 Å². The number of hydrogen-bond acceptors (Lipinski definition) is 2. The maximum Gasteiger partial charge on any atom is 0.156 e. The Balaban J connectivity index is 2.54. The molecule has 15 heavy (non-hydrogen) atoms. The van der Waals surface area contributed by atoms with E-state index in [1.54, 1.807) is 19.6 Å². The predicted molar refractivity (Wildman–Crippen MR) is 62.1 cm³/mol. The van der Waals surface area contributed by atoms with Crippen molar-refractivity contribution >= 4 is 17.8 Å². The number of rotatable bonds is 2. The summed E-state index contributed by atoms with van der Waals surface area (Å²) < 4.78 is 1.90. The Kier molecular flexibility index (Phi) is 2.83. The van der Waals surface area contributed by atoms with E-state index in [-0.39, 0.29) is 0 Å². The molecule has 0 saturated carbocycles. The zero-order valence-electron chi connectivity index (χ0n) is 8.26. The smallest absolute Gasteiger partial charge is 0.156 e. The summed E-state index contributed by atoms with van der Waals surface area (Å²) in [6, 6.07) is 9.89. The van der Waals surface area contributed by atoms with Crippen LogP contribution in [0.4, 0.5) is 0 Å². The Labute approximate surface area is 93.1 Å². The molecule has 0 amide bonds. The minimum absolute atomic E-state index is 0.462. The molecule has 0 fully saturated rings. The van der Waals surface area contributed by atoms with E-state index in [0.717, 1.165) is 11.4 Å².